The van der Waals surface area contributed by atoms with Crippen molar-refractivity contribution in [3.63, 3.8) is 0 Å². The lowest BCUT2D eigenvalue weighted by Crippen LogP contribution is -2.43. The van der Waals surface area contributed by atoms with E-state index >= 15 is 0 Å². The van der Waals surface area contributed by atoms with Crippen LogP contribution in [0.1, 0.15) is 54.9 Å². The number of nitrogens with one attached hydrogen (secondary N) is 3. The highest BCUT2D eigenvalue weighted by Crippen LogP contribution is 2.30. The van der Waals surface area contributed by atoms with Crippen LogP contribution in [0.2, 0.25) is 5.02 Å². The molecule has 32 heavy (non-hydrogen) atoms. The van der Waals surface area contributed by atoms with Gasteiger partial charge in [0.05, 0.1) is 27.9 Å². The second-order valence-electron chi connectivity index (χ2n) is 7.54. The highest BCUT2D eigenvalue weighted by Gasteiger charge is 2.22. The summed E-state index contributed by atoms with van der Waals surface area (Å²) in [6, 6.07) is 17.2. The number of benzene rings is 2. The molecule has 1 atom stereocenters. The van der Waals surface area contributed by atoms with Crippen LogP contribution < -0.4 is 16.2 Å². The molecule has 1 aromatic heterocycles. The van der Waals surface area contributed by atoms with Crippen molar-refractivity contribution in [2.75, 3.05) is 0 Å². The number of thiophene rings is 1. The summed E-state index contributed by atoms with van der Waals surface area (Å²) in [6.45, 7) is 0. The highest BCUT2D eigenvalue weighted by atomic mass is 35.5. The Hall–Kier alpha value is -3.16. The number of aryl methyl sites for hydroxylation is 2. The van der Waals surface area contributed by atoms with E-state index in [2.05, 4.69) is 16.2 Å². The molecule has 0 bridgehead atoms. The second kappa shape index (κ2) is 9.97. The molecule has 8 heteroatoms. The first kappa shape index (κ1) is 22.0. The molecule has 3 N–H and O–H groups in total. The van der Waals surface area contributed by atoms with E-state index in [-0.39, 0.29) is 18.2 Å². The van der Waals surface area contributed by atoms with Crippen molar-refractivity contribution in [2.45, 2.75) is 31.7 Å². The van der Waals surface area contributed by atoms with Gasteiger partial charge in [-0.3, -0.25) is 25.2 Å². The van der Waals surface area contributed by atoms with Gasteiger partial charge in [0, 0.05) is 4.88 Å². The van der Waals surface area contributed by atoms with Crippen LogP contribution in [0, 0.1) is 0 Å². The fourth-order valence-electron chi connectivity index (χ4n) is 3.68. The monoisotopic (exact) mass is 467 g/mol. The minimum absolute atomic E-state index is 0.0541. The van der Waals surface area contributed by atoms with Crippen molar-refractivity contribution in [1.82, 2.24) is 16.2 Å². The maximum absolute atomic E-state index is 12.8. The van der Waals surface area contributed by atoms with Gasteiger partial charge in [-0.1, -0.05) is 54.1 Å². The zero-order chi connectivity index (χ0) is 22.5. The van der Waals surface area contributed by atoms with Crippen LogP contribution in [0.15, 0.2) is 60.7 Å². The first-order valence-corrected chi connectivity index (χ1v) is 11.5. The maximum atomic E-state index is 12.8. The van der Waals surface area contributed by atoms with Crippen molar-refractivity contribution in [3.05, 3.63) is 92.1 Å². The molecular formula is C24H22ClN3O3S. The van der Waals surface area contributed by atoms with Gasteiger partial charge in [0.2, 0.25) is 5.91 Å². The van der Waals surface area contributed by atoms with Crippen molar-refractivity contribution in [3.8, 4) is 0 Å². The summed E-state index contributed by atoms with van der Waals surface area (Å²) in [7, 11) is 0. The lowest BCUT2D eigenvalue weighted by atomic mass is 10.0. The van der Waals surface area contributed by atoms with Crippen LogP contribution in [0.5, 0.6) is 0 Å². The third-order valence-electron chi connectivity index (χ3n) is 5.30. The molecule has 1 aliphatic carbocycles. The molecule has 0 fully saturated rings. The van der Waals surface area contributed by atoms with Crippen LogP contribution in [-0.2, 0) is 17.6 Å². The van der Waals surface area contributed by atoms with Gasteiger partial charge in [-0.15, -0.1) is 11.3 Å². The molecule has 0 saturated carbocycles. The fraction of sp³-hybridized carbons (Fsp3) is 0.208. The molecular weight excluding hydrogens is 446 g/mol. The maximum Gasteiger partial charge on any atom is 0.279 e. The minimum Gasteiger partial charge on any atom is -0.345 e. The first-order valence-electron chi connectivity index (χ1n) is 10.3. The molecule has 164 valence electrons. The van der Waals surface area contributed by atoms with Crippen LogP contribution >= 0.6 is 22.9 Å². The molecule has 4 rings (SSSR count). The average Bonchev–Trinajstić information content (AvgIpc) is 3.40. The highest BCUT2D eigenvalue weighted by molar-refractivity contribution is 7.14. The normalized spacial score (nSPS) is 13.2. The van der Waals surface area contributed by atoms with Gasteiger partial charge in [-0.2, -0.15) is 0 Å². The molecule has 0 radical (unpaired) electrons. The van der Waals surface area contributed by atoms with Crippen molar-refractivity contribution >= 4 is 40.7 Å². The lowest BCUT2D eigenvalue weighted by molar-refractivity contribution is -0.122. The molecule has 0 spiro atoms. The van der Waals surface area contributed by atoms with Crippen molar-refractivity contribution < 1.29 is 14.4 Å². The van der Waals surface area contributed by atoms with E-state index in [9.17, 15) is 14.4 Å². The Bertz CT molecular complexity index is 1120. The third-order valence-corrected chi connectivity index (χ3v) is 6.87. The Labute approximate surface area is 195 Å². The second-order valence-corrected chi connectivity index (χ2v) is 9.08. The quantitative estimate of drug-likeness (QED) is 0.474. The number of amides is 3. The lowest BCUT2D eigenvalue weighted by Gasteiger charge is -2.19. The summed E-state index contributed by atoms with van der Waals surface area (Å²) in [5, 5.41) is 3.20. The Kier molecular flexibility index (Phi) is 6.87. The number of fused-ring (bicyclic) bond motifs is 1. The van der Waals surface area contributed by atoms with Gasteiger partial charge in [0.25, 0.3) is 11.8 Å². The summed E-state index contributed by atoms with van der Waals surface area (Å²) in [4.78, 5) is 39.6. The van der Waals surface area contributed by atoms with E-state index in [1.807, 2.05) is 36.4 Å². The van der Waals surface area contributed by atoms with E-state index < -0.39 is 11.9 Å². The predicted octanol–water partition coefficient (Wildman–Crippen LogP) is 4.21. The molecule has 1 unspecified atom stereocenters. The molecule has 0 saturated heterocycles. The topological polar surface area (TPSA) is 87.3 Å². The van der Waals surface area contributed by atoms with E-state index in [1.165, 1.54) is 21.8 Å². The smallest absolute Gasteiger partial charge is 0.279 e. The van der Waals surface area contributed by atoms with Gasteiger partial charge in [-0.05, 0) is 48.6 Å². The van der Waals surface area contributed by atoms with E-state index in [1.54, 1.807) is 24.3 Å². The van der Waals surface area contributed by atoms with E-state index in [0.29, 0.717) is 15.5 Å². The minimum atomic E-state index is -0.595. The number of hydrogen-bond donors (Lipinski definition) is 3. The number of carbonyl (C=O) groups excluding carboxylic acids is 3. The van der Waals surface area contributed by atoms with Crippen LogP contribution in [-0.4, -0.2) is 17.7 Å². The standard InChI is InChI=1S/C24H22ClN3O3S/c25-18-11-5-4-10-17(18)23(30)26-19(15-7-2-1-3-8-15)14-22(29)27-28-24(31)21-13-16-9-6-12-20(16)32-21/h1-5,7-8,10-11,13,19H,6,9,12,14H2,(H,26,30)(H,27,29)(H,28,31). The first-order chi connectivity index (χ1) is 15.5. The molecule has 3 aromatic rings. The number of halogens is 1. The Morgan fingerprint density at radius 3 is 2.44 bits per heavy atom. The molecule has 3 amide bonds. The summed E-state index contributed by atoms with van der Waals surface area (Å²) in [5.74, 6) is -1.14. The number of rotatable bonds is 6. The van der Waals surface area contributed by atoms with Crippen LogP contribution in [0.3, 0.4) is 0 Å². The average molecular weight is 468 g/mol. The number of hydrazine groups is 1. The van der Waals surface area contributed by atoms with Gasteiger partial charge < -0.3 is 5.32 Å². The van der Waals surface area contributed by atoms with Gasteiger partial charge >= 0.3 is 0 Å². The summed E-state index contributed by atoms with van der Waals surface area (Å²) in [6.07, 6.45) is 3.07. The summed E-state index contributed by atoms with van der Waals surface area (Å²) >= 11 is 7.60. The van der Waals surface area contributed by atoms with Crippen molar-refractivity contribution in [2.24, 2.45) is 0 Å². The summed E-state index contributed by atoms with van der Waals surface area (Å²) in [5.41, 5.74) is 7.25. The Morgan fingerprint density at radius 1 is 0.938 bits per heavy atom. The van der Waals surface area contributed by atoms with Crippen molar-refractivity contribution in [1.29, 1.82) is 0 Å². The molecule has 1 heterocycles. The predicted molar refractivity (Wildman–Crippen MR) is 125 cm³/mol. The zero-order valence-corrected chi connectivity index (χ0v) is 18.8. The molecule has 6 nitrogen and oxygen atoms in total. The third kappa shape index (κ3) is 5.18. The Balaban J connectivity index is 1.40. The van der Waals surface area contributed by atoms with E-state index in [0.717, 1.165) is 24.8 Å². The number of hydrogen-bond acceptors (Lipinski definition) is 4. The van der Waals surface area contributed by atoms with E-state index in [4.69, 9.17) is 11.6 Å². The fourth-order valence-corrected chi connectivity index (χ4v) is 5.05. The SMILES string of the molecule is O=C(CC(NC(=O)c1ccccc1Cl)c1ccccc1)NNC(=O)c1cc2c(s1)CCC2. The summed E-state index contributed by atoms with van der Waals surface area (Å²) < 4.78 is 0. The zero-order valence-electron chi connectivity index (χ0n) is 17.2. The number of carbonyl (C=O) groups is 3. The molecule has 1 aliphatic rings. The molecule has 0 aliphatic heterocycles. The Morgan fingerprint density at radius 2 is 1.69 bits per heavy atom. The molecule has 2 aromatic carbocycles. The van der Waals surface area contributed by atoms with Crippen LogP contribution in [0.25, 0.3) is 0 Å². The van der Waals surface area contributed by atoms with Crippen LogP contribution in [0.4, 0.5) is 0 Å². The van der Waals surface area contributed by atoms with Gasteiger partial charge in [0.15, 0.2) is 0 Å². The van der Waals surface area contributed by atoms with Gasteiger partial charge in [-0.25, -0.2) is 0 Å². The largest absolute Gasteiger partial charge is 0.345 e. The van der Waals surface area contributed by atoms with Gasteiger partial charge in [0.1, 0.15) is 0 Å².